The smallest absolute Gasteiger partial charge is 0.255 e. The van der Waals surface area contributed by atoms with Crippen LogP contribution in [0.3, 0.4) is 0 Å². The standard InChI is InChI=1S/C28H27N5O3/c1-16-4-5-21(13-26(16)29-18(3)34)28(36)33-11-10-19-6-7-20(12-22(19)15-33)27(35)30-23-8-9-25-24(14-23)17(2)31-32-25/h4-9,12-14H,10-11,15H2,1-3H3,(H,29,34)(H,30,35)(H,31,32). The third-order valence-corrected chi connectivity index (χ3v) is 6.57. The van der Waals surface area contributed by atoms with Crippen LogP contribution in [0.25, 0.3) is 10.9 Å². The van der Waals surface area contributed by atoms with Gasteiger partial charge in [0.05, 0.1) is 5.52 Å². The van der Waals surface area contributed by atoms with Gasteiger partial charge < -0.3 is 15.5 Å². The van der Waals surface area contributed by atoms with Crippen molar-refractivity contribution in [3.8, 4) is 0 Å². The minimum atomic E-state index is -0.208. The number of anilines is 2. The topological polar surface area (TPSA) is 107 Å². The fourth-order valence-corrected chi connectivity index (χ4v) is 4.55. The number of aromatic nitrogens is 2. The molecule has 1 aliphatic rings. The highest BCUT2D eigenvalue weighted by molar-refractivity contribution is 6.05. The van der Waals surface area contributed by atoms with Crippen molar-refractivity contribution in [2.24, 2.45) is 0 Å². The summed E-state index contributed by atoms with van der Waals surface area (Å²) in [4.78, 5) is 39.5. The van der Waals surface area contributed by atoms with E-state index in [2.05, 4.69) is 20.8 Å². The normalized spacial score (nSPS) is 12.8. The van der Waals surface area contributed by atoms with E-state index >= 15 is 0 Å². The molecule has 5 rings (SSSR count). The van der Waals surface area contributed by atoms with Gasteiger partial charge in [-0.1, -0.05) is 12.1 Å². The summed E-state index contributed by atoms with van der Waals surface area (Å²) < 4.78 is 0. The summed E-state index contributed by atoms with van der Waals surface area (Å²) in [5, 5.41) is 13.9. The first-order valence-corrected chi connectivity index (χ1v) is 11.8. The first-order chi connectivity index (χ1) is 17.3. The largest absolute Gasteiger partial charge is 0.334 e. The van der Waals surface area contributed by atoms with Gasteiger partial charge in [-0.25, -0.2) is 0 Å². The molecule has 0 bridgehead atoms. The molecule has 4 aromatic rings. The van der Waals surface area contributed by atoms with E-state index in [1.165, 1.54) is 6.92 Å². The van der Waals surface area contributed by atoms with Crippen molar-refractivity contribution in [2.45, 2.75) is 33.7 Å². The molecule has 8 nitrogen and oxygen atoms in total. The zero-order valence-electron chi connectivity index (χ0n) is 20.4. The number of carbonyl (C=O) groups is 3. The maximum absolute atomic E-state index is 13.3. The molecule has 182 valence electrons. The summed E-state index contributed by atoms with van der Waals surface area (Å²) in [6.07, 6.45) is 0.712. The third kappa shape index (κ3) is 4.57. The van der Waals surface area contributed by atoms with Gasteiger partial charge >= 0.3 is 0 Å². The lowest BCUT2D eigenvalue weighted by atomic mass is 9.96. The SMILES string of the molecule is CC(=O)Nc1cc(C(=O)N2CCc3ccc(C(=O)Nc4ccc5n[nH]c(C)c5c4)cc3C2)ccc1C. The first kappa shape index (κ1) is 23.3. The van der Waals surface area contributed by atoms with Crippen LogP contribution in [0.2, 0.25) is 0 Å². The van der Waals surface area contributed by atoms with Crippen LogP contribution < -0.4 is 10.6 Å². The molecule has 2 heterocycles. The molecular weight excluding hydrogens is 454 g/mol. The second-order valence-electron chi connectivity index (χ2n) is 9.21. The van der Waals surface area contributed by atoms with Gasteiger partial charge in [0.15, 0.2) is 0 Å². The van der Waals surface area contributed by atoms with Gasteiger partial charge in [0.2, 0.25) is 5.91 Å². The lowest BCUT2D eigenvalue weighted by Crippen LogP contribution is -2.36. The quantitative estimate of drug-likeness (QED) is 0.396. The van der Waals surface area contributed by atoms with E-state index in [4.69, 9.17) is 0 Å². The van der Waals surface area contributed by atoms with Crippen molar-refractivity contribution in [2.75, 3.05) is 17.2 Å². The number of benzene rings is 3. The number of rotatable bonds is 4. The molecule has 0 atom stereocenters. The molecule has 3 N–H and O–H groups in total. The summed E-state index contributed by atoms with van der Waals surface area (Å²) in [6.45, 7) is 6.27. The Balaban J connectivity index is 1.33. The fraction of sp³-hybridized carbons (Fsp3) is 0.214. The molecule has 0 radical (unpaired) electrons. The second-order valence-corrected chi connectivity index (χ2v) is 9.21. The zero-order valence-corrected chi connectivity index (χ0v) is 20.4. The van der Waals surface area contributed by atoms with E-state index in [-0.39, 0.29) is 17.7 Å². The van der Waals surface area contributed by atoms with E-state index < -0.39 is 0 Å². The molecule has 0 fully saturated rings. The maximum atomic E-state index is 13.3. The average molecular weight is 482 g/mol. The summed E-state index contributed by atoms with van der Waals surface area (Å²) in [6, 6.07) is 16.6. The number of hydrogen-bond donors (Lipinski definition) is 3. The van der Waals surface area contributed by atoms with Crippen molar-refractivity contribution < 1.29 is 14.4 Å². The van der Waals surface area contributed by atoms with Gasteiger partial charge in [-0.3, -0.25) is 19.5 Å². The Bertz CT molecular complexity index is 1520. The molecule has 3 amide bonds. The Kier molecular flexibility index (Phi) is 6.01. The first-order valence-electron chi connectivity index (χ1n) is 11.8. The molecule has 0 spiro atoms. The summed E-state index contributed by atoms with van der Waals surface area (Å²) in [5.41, 5.74) is 7.16. The number of H-pyrrole nitrogens is 1. The van der Waals surface area contributed by atoms with Gasteiger partial charge in [0, 0.05) is 53.6 Å². The molecule has 1 aliphatic heterocycles. The predicted molar refractivity (Wildman–Crippen MR) is 139 cm³/mol. The van der Waals surface area contributed by atoms with Crippen LogP contribution in [0.4, 0.5) is 11.4 Å². The molecular formula is C28H27N5O3. The number of hydrogen-bond acceptors (Lipinski definition) is 4. The maximum Gasteiger partial charge on any atom is 0.255 e. The number of aryl methyl sites for hydroxylation is 2. The van der Waals surface area contributed by atoms with Crippen LogP contribution in [-0.2, 0) is 17.8 Å². The zero-order chi connectivity index (χ0) is 25.4. The van der Waals surface area contributed by atoms with Gasteiger partial charge in [-0.05, 0) is 79.4 Å². The summed E-state index contributed by atoms with van der Waals surface area (Å²) in [7, 11) is 0. The highest BCUT2D eigenvalue weighted by Crippen LogP contribution is 2.25. The Hall–Kier alpha value is -4.46. The highest BCUT2D eigenvalue weighted by atomic mass is 16.2. The highest BCUT2D eigenvalue weighted by Gasteiger charge is 2.23. The van der Waals surface area contributed by atoms with Crippen LogP contribution in [0.1, 0.15) is 50.0 Å². The molecule has 3 aromatic carbocycles. The molecule has 0 saturated carbocycles. The Morgan fingerprint density at radius 1 is 0.917 bits per heavy atom. The molecule has 36 heavy (non-hydrogen) atoms. The number of nitrogens with one attached hydrogen (secondary N) is 3. The van der Waals surface area contributed by atoms with Crippen LogP contribution in [0, 0.1) is 13.8 Å². The second kappa shape index (κ2) is 9.30. The third-order valence-electron chi connectivity index (χ3n) is 6.57. The number of amides is 3. The van der Waals surface area contributed by atoms with Gasteiger partial charge in [-0.15, -0.1) is 0 Å². The van der Waals surface area contributed by atoms with Gasteiger partial charge in [0.1, 0.15) is 0 Å². The molecule has 0 saturated heterocycles. The minimum absolute atomic E-state index is 0.106. The Morgan fingerprint density at radius 3 is 2.53 bits per heavy atom. The summed E-state index contributed by atoms with van der Waals surface area (Å²) >= 11 is 0. The van der Waals surface area contributed by atoms with Crippen molar-refractivity contribution >= 4 is 40.0 Å². The summed E-state index contributed by atoms with van der Waals surface area (Å²) in [5.74, 6) is -0.494. The number of nitrogens with zero attached hydrogens (tertiary/aromatic N) is 2. The van der Waals surface area contributed by atoms with Crippen LogP contribution in [0.5, 0.6) is 0 Å². The lowest BCUT2D eigenvalue weighted by Gasteiger charge is -2.29. The fourth-order valence-electron chi connectivity index (χ4n) is 4.55. The van der Waals surface area contributed by atoms with E-state index in [1.54, 1.807) is 17.0 Å². The minimum Gasteiger partial charge on any atom is -0.334 e. The lowest BCUT2D eigenvalue weighted by molar-refractivity contribution is -0.114. The number of fused-ring (bicyclic) bond motifs is 2. The number of aromatic amines is 1. The van der Waals surface area contributed by atoms with Crippen molar-refractivity contribution in [3.05, 3.63) is 88.1 Å². The Labute approximate surface area is 208 Å². The molecule has 8 heteroatoms. The van der Waals surface area contributed by atoms with Gasteiger partial charge in [0.25, 0.3) is 11.8 Å². The molecule has 0 aliphatic carbocycles. The molecule has 1 aromatic heterocycles. The van der Waals surface area contributed by atoms with Crippen LogP contribution >= 0.6 is 0 Å². The van der Waals surface area contributed by atoms with Crippen molar-refractivity contribution in [1.82, 2.24) is 15.1 Å². The Morgan fingerprint density at radius 2 is 1.72 bits per heavy atom. The van der Waals surface area contributed by atoms with E-state index in [1.807, 2.05) is 56.3 Å². The predicted octanol–water partition coefficient (Wildman–Crippen LogP) is 4.59. The van der Waals surface area contributed by atoms with Crippen LogP contribution in [-0.4, -0.2) is 39.4 Å². The average Bonchev–Trinajstić information content (AvgIpc) is 3.24. The van der Waals surface area contributed by atoms with Crippen molar-refractivity contribution in [3.63, 3.8) is 0 Å². The molecule has 0 unspecified atom stereocenters. The van der Waals surface area contributed by atoms with Crippen molar-refractivity contribution in [1.29, 1.82) is 0 Å². The van der Waals surface area contributed by atoms with Crippen LogP contribution in [0.15, 0.2) is 54.6 Å². The van der Waals surface area contributed by atoms with E-state index in [0.29, 0.717) is 42.0 Å². The van der Waals surface area contributed by atoms with E-state index in [9.17, 15) is 14.4 Å². The van der Waals surface area contributed by atoms with E-state index in [0.717, 1.165) is 33.3 Å². The number of carbonyl (C=O) groups excluding carboxylic acids is 3. The monoisotopic (exact) mass is 481 g/mol. The van der Waals surface area contributed by atoms with Gasteiger partial charge in [-0.2, -0.15) is 5.10 Å².